The first-order chi connectivity index (χ1) is 13.5. The molecule has 1 N–H and O–H groups in total. The second-order valence-electron chi connectivity index (χ2n) is 5.82. The van der Waals surface area contributed by atoms with Crippen LogP contribution in [0, 0.1) is 20.8 Å². The summed E-state index contributed by atoms with van der Waals surface area (Å²) in [5, 5.41) is 2.76. The van der Waals surface area contributed by atoms with E-state index in [-0.39, 0.29) is 5.91 Å². The van der Waals surface area contributed by atoms with E-state index >= 15 is 0 Å². The number of carbonyl (C=O) groups is 2. The molecule has 0 radical (unpaired) electrons. The van der Waals surface area contributed by atoms with Gasteiger partial charge in [0.2, 0.25) is 0 Å². The van der Waals surface area contributed by atoms with Crippen LogP contribution in [0.3, 0.4) is 0 Å². The predicted octanol–water partition coefficient (Wildman–Crippen LogP) is 5.13. The molecule has 1 amide bonds. The van der Waals surface area contributed by atoms with Crippen molar-refractivity contribution in [3.63, 3.8) is 0 Å². The topological polar surface area (TPSA) is 64.0 Å². The van der Waals surface area contributed by atoms with E-state index in [9.17, 15) is 4.79 Å². The maximum Gasteiger partial charge on any atom is 0.274 e. The number of rotatable bonds is 2. The Morgan fingerprint density at radius 2 is 1.68 bits per heavy atom. The summed E-state index contributed by atoms with van der Waals surface area (Å²) in [6, 6.07) is 13.6. The molecule has 3 aromatic rings. The Labute approximate surface area is 168 Å². The third-order valence-corrected chi connectivity index (χ3v) is 3.65. The summed E-state index contributed by atoms with van der Waals surface area (Å²) in [7, 11) is 1.90. The van der Waals surface area contributed by atoms with Gasteiger partial charge in [0.25, 0.3) is 5.91 Å². The number of amides is 1. The molecule has 0 saturated heterocycles. The van der Waals surface area contributed by atoms with Crippen molar-refractivity contribution in [2.24, 2.45) is 7.05 Å². The number of pyridine rings is 1. The lowest BCUT2D eigenvalue weighted by molar-refractivity contribution is -0.0980. The van der Waals surface area contributed by atoms with E-state index in [1.54, 1.807) is 24.4 Å². The number of benzene rings is 1. The van der Waals surface area contributed by atoms with Gasteiger partial charge in [0.1, 0.15) is 12.5 Å². The van der Waals surface area contributed by atoms with Crippen LogP contribution >= 0.6 is 0 Å². The number of aromatic nitrogens is 2. The molecule has 3 rings (SSSR count). The van der Waals surface area contributed by atoms with Gasteiger partial charge in [-0.1, -0.05) is 43.7 Å². The van der Waals surface area contributed by atoms with E-state index in [0.717, 1.165) is 5.69 Å². The minimum atomic E-state index is -0.193. The smallest absolute Gasteiger partial charge is 0.274 e. The molecule has 0 fully saturated rings. The van der Waals surface area contributed by atoms with Gasteiger partial charge in [-0.2, -0.15) is 0 Å². The fourth-order valence-electron chi connectivity index (χ4n) is 2.16. The molecular formula is C23H31N3O2. The van der Waals surface area contributed by atoms with E-state index in [4.69, 9.17) is 4.79 Å². The maximum absolute atomic E-state index is 11.6. The lowest BCUT2D eigenvalue weighted by Crippen LogP contribution is -2.12. The summed E-state index contributed by atoms with van der Waals surface area (Å²) in [6.07, 6.45) is 5.30. The molecule has 0 spiro atoms. The van der Waals surface area contributed by atoms with Crippen molar-refractivity contribution in [3.8, 4) is 0 Å². The Bertz CT molecular complexity index is 827. The number of carbonyl (C=O) groups excluding carboxylic acids is 2. The number of anilines is 1. The van der Waals surface area contributed by atoms with Crippen LogP contribution in [0.15, 0.2) is 61.1 Å². The highest BCUT2D eigenvalue weighted by Crippen LogP contribution is 2.08. The van der Waals surface area contributed by atoms with Crippen molar-refractivity contribution in [1.82, 2.24) is 9.55 Å². The molecule has 0 aliphatic rings. The minimum absolute atomic E-state index is 0.193. The van der Waals surface area contributed by atoms with Gasteiger partial charge in [0.15, 0.2) is 0 Å². The summed E-state index contributed by atoms with van der Waals surface area (Å²) >= 11 is 0. The van der Waals surface area contributed by atoms with Crippen LogP contribution in [0.1, 0.15) is 41.0 Å². The summed E-state index contributed by atoms with van der Waals surface area (Å²) in [6.45, 7) is 12.4. The normalized spacial score (nSPS) is 8.79. The zero-order chi connectivity index (χ0) is 21.5. The summed E-state index contributed by atoms with van der Waals surface area (Å²) in [4.78, 5) is 23.6. The van der Waals surface area contributed by atoms with E-state index in [0.29, 0.717) is 5.69 Å². The van der Waals surface area contributed by atoms with E-state index in [1.807, 2.05) is 50.7 Å². The molecule has 5 heteroatoms. The molecule has 5 nitrogen and oxygen atoms in total. The van der Waals surface area contributed by atoms with Gasteiger partial charge in [0.05, 0.1) is 5.69 Å². The number of hydrogen-bond acceptors (Lipinski definition) is 3. The fraction of sp³-hybridized carbons (Fsp3) is 0.261. The Morgan fingerprint density at radius 3 is 2.14 bits per heavy atom. The van der Waals surface area contributed by atoms with Crippen LogP contribution in [0.4, 0.5) is 5.69 Å². The lowest BCUT2D eigenvalue weighted by atomic mass is 10.1. The van der Waals surface area contributed by atoms with Crippen molar-refractivity contribution < 1.29 is 9.59 Å². The van der Waals surface area contributed by atoms with Crippen LogP contribution < -0.4 is 5.32 Å². The highest BCUT2D eigenvalue weighted by molar-refractivity contribution is 6.02. The summed E-state index contributed by atoms with van der Waals surface area (Å²) in [5.41, 5.74) is 5.29. The summed E-state index contributed by atoms with van der Waals surface area (Å²) < 4.78 is 1.87. The highest BCUT2D eigenvalue weighted by atomic mass is 16.1. The Hall–Kier alpha value is -3.21. The van der Waals surface area contributed by atoms with Crippen molar-refractivity contribution >= 4 is 18.4 Å². The van der Waals surface area contributed by atoms with E-state index < -0.39 is 0 Å². The Kier molecular flexibility index (Phi) is 12.3. The summed E-state index contributed by atoms with van der Waals surface area (Å²) in [5.74, 6) is -0.193. The molecule has 0 unspecified atom stereocenters. The molecule has 1 aromatic carbocycles. The third-order valence-electron chi connectivity index (χ3n) is 3.65. The second kappa shape index (κ2) is 13.9. The first-order valence-corrected chi connectivity index (χ1v) is 9.13. The Balaban J connectivity index is 0.000000481. The quantitative estimate of drug-likeness (QED) is 0.669. The Morgan fingerprint density at radius 1 is 1.00 bits per heavy atom. The zero-order valence-corrected chi connectivity index (χ0v) is 17.7. The van der Waals surface area contributed by atoms with Crippen LogP contribution in [0.2, 0.25) is 0 Å². The van der Waals surface area contributed by atoms with Crippen LogP contribution in [-0.2, 0) is 11.8 Å². The minimum Gasteiger partial charge on any atom is -0.355 e. The molecule has 28 heavy (non-hydrogen) atoms. The molecular weight excluding hydrogens is 350 g/mol. The van der Waals surface area contributed by atoms with E-state index in [2.05, 4.69) is 49.3 Å². The van der Waals surface area contributed by atoms with Gasteiger partial charge in [0, 0.05) is 25.6 Å². The first-order valence-electron chi connectivity index (χ1n) is 9.13. The number of hydrogen-bond donors (Lipinski definition) is 1. The monoisotopic (exact) mass is 381 g/mol. The van der Waals surface area contributed by atoms with Crippen LogP contribution in [0.25, 0.3) is 0 Å². The third kappa shape index (κ3) is 8.94. The average molecular weight is 382 g/mol. The highest BCUT2D eigenvalue weighted by Gasteiger charge is 2.06. The first kappa shape index (κ1) is 24.8. The van der Waals surface area contributed by atoms with Gasteiger partial charge < -0.3 is 14.7 Å². The van der Waals surface area contributed by atoms with Crippen molar-refractivity contribution in [1.29, 1.82) is 0 Å². The number of nitrogens with zero attached hydrogens (tertiary/aromatic N) is 2. The lowest BCUT2D eigenvalue weighted by Gasteiger charge is -2.00. The predicted molar refractivity (Wildman–Crippen MR) is 117 cm³/mol. The van der Waals surface area contributed by atoms with Crippen molar-refractivity contribution in [2.75, 3.05) is 5.32 Å². The number of nitrogens with one attached hydrogen (secondary N) is 1. The fourth-order valence-corrected chi connectivity index (χ4v) is 2.16. The SMILES string of the molecule is C=O.CC.Cc1ccc(C)c(C)c1.Cn1ccc(NC(=O)c2ccccn2)c1. The largest absolute Gasteiger partial charge is 0.355 e. The molecule has 0 aliphatic carbocycles. The molecule has 2 heterocycles. The van der Waals surface area contributed by atoms with Gasteiger partial charge >= 0.3 is 0 Å². The molecule has 2 aromatic heterocycles. The molecule has 0 atom stereocenters. The van der Waals surface area contributed by atoms with Gasteiger partial charge in [-0.25, -0.2) is 0 Å². The average Bonchev–Trinajstić information content (AvgIpc) is 3.14. The maximum atomic E-state index is 11.6. The van der Waals surface area contributed by atoms with E-state index in [1.165, 1.54) is 16.7 Å². The zero-order valence-electron chi connectivity index (χ0n) is 17.7. The van der Waals surface area contributed by atoms with Gasteiger partial charge in [-0.3, -0.25) is 9.78 Å². The molecule has 150 valence electrons. The number of aryl methyl sites for hydroxylation is 4. The standard InChI is InChI=1S/C11H11N3O.C9H12.C2H6.CH2O/c1-14-7-5-9(8-14)13-11(15)10-4-2-3-6-12-10;1-7-4-5-8(2)9(3)6-7;2*1-2/h2-8H,1H3,(H,13,15);4-6H,1-3H3;1-2H3;1H2. The van der Waals surface area contributed by atoms with Crippen molar-refractivity contribution in [2.45, 2.75) is 34.6 Å². The van der Waals surface area contributed by atoms with Gasteiger partial charge in [-0.15, -0.1) is 0 Å². The molecule has 0 aliphatic heterocycles. The van der Waals surface area contributed by atoms with Crippen LogP contribution in [-0.4, -0.2) is 22.2 Å². The second-order valence-corrected chi connectivity index (χ2v) is 5.82. The molecule has 0 bridgehead atoms. The van der Waals surface area contributed by atoms with Crippen LogP contribution in [0.5, 0.6) is 0 Å². The van der Waals surface area contributed by atoms with Crippen molar-refractivity contribution in [3.05, 3.63) is 83.4 Å². The van der Waals surface area contributed by atoms with Gasteiger partial charge in [-0.05, 0) is 50.1 Å². The molecule has 0 saturated carbocycles.